The van der Waals surface area contributed by atoms with Crippen molar-refractivity contribution in [1.29, 1.82) is 0 Å². The molecule has 0 radical (unpaired) electrons. The van der Waals surface area contributed by atoms with Gasteiger partial charge in [0.05, 0.1) is 18.0 Å². The summed E-state index contributed by atoms with van der Waals surface area (Å²) in [5, 5.41) is 3.00. The Morgan fingerprint density at radius 2 is 2.29 bits per heavy atom. The van der Waals surface area contributed by atoms with Gasteiger partial charge in [-0.15, -0.1) is 0 Å². The fourth-order valence-corrected chi connectivity index (χ4v) is 2.48. The third kappa shape index (κ3) is 3.50. The predicted molar refractivity (Wildman–Crippen MR) is 81.6 cm³/mol. The van der Waals surface area contributed by atoms with Crippen LogP contribution in [0.4, 0.5) is 5.69 Å². The molecule has 116 valence electrons. The Labute approximate surface area is 125 Å². The molecule has 6 nitrogen and oxygen atoms in total. The number of carbonyl (C=O) groups is 1. The van der Waals surface area contributed by atoms with Gasteiger partial charge >= 0.3 is 0 Å². The normalized spacial score (nSPS) is 18.9. The van der Waals surface area contributed by atoms with E-state index in [9.17, 15) is 4.79 Å². The van der Waals surface area contributed by atoms with Gasteiger partial charge in [-0.2, -0.15) is 0 Å². The van der Waals surface area contributed by atoms with Crippen LogP contribution in [-0.2, 0) is 4.74 Å². The number of methoxy groups -OCH3 is 1. The number of ether oxygens (including phenoxy) is 1. The fourth-order valence-electron chi connectivity index (χ4n) is 2.48. The molecule has 0 spiro atoms. The topological polar surface area (TPSA) is 67.4 Å². The van der Waals surface area contributed by atoms with Gasteiger partial charge in [0.1, 0.15) is 5.82 Å². The minimum Gasteiger partial charge on any atom is -0.385 e. The van der Waals surface area contributed by atoms with E-state index < -0.39 is 0 Å². The van der Waals surface area contributed by atoms with Crippen LogP contribution in [0.1, 0.15) is 48.9 Å². The van der Waals surface area contributed by atoms with E-state index in [1.165, 1.54) is 0 Å². The van der Waals surface area contributed by atoms with Gasteiger partial charge < -0.3 is 15.0 Å². The maximum atomic E-state index is 12.8. The molecule has 21 heavy (non-hydrogen) atoms. The van der Waals surface area contributed by atoms with Gasteiger partial charge in [0.2, 0.25) is 0 Å². The van der Waals surface area contributed by atoms with Crippen molar-refractivity contribution in [3.8, 4) is 0 Å². The standard InChI is InChI=1S/C15H24N4O2/c1-10(2)14-17-8-12(16-3)13(18-14)15(20)19-7-5-6-11(9-19)21-4/h8,10-11,16H,5-7,9H2,1-4H3. The van der Waals surface area contributed by atoms with Crippen molar-refractivity contribution in [2.24, 2.45) is 0 Å². The summed E-state index contributed by atoms with van der Waals surface area (Å²) in [6.07, 6.45) is 3.77. The van der Waals surface area contributed by atoms with Gasteiger partial charge in [0.15, 0.2) is 5.69 Å². The van der Waals surface area contributed by atoms with E-state index in [4.69, 9.17) is 4.74 Å². The van der Waals surface area contributed by atoms with Crippen LogP contribution >= 0.6 is 0 Å². The Hall–Kier alpha value is -1.69. The number of hydrogen-bond acceptors (Lipinski definition) is 5. The summed E-state index contributed by atoms with van der Waals surface area (Å²) in [5.41, 5.74) is 1.12. The second-order valence-electron chi connectivity index (χ2n) is 5.65. The molecular formula is C15H24N4O2. The molecule has 1 aliphatic heterocycles. The Kier molecular flexibility index (Phi) is 5.12. The van der Waals surface area contributed by atoms with Crippen molar-refractivity contribution in [1.82, 2.24) is 14.9 Å². The molecule has 2 rings (SSSR count). The molecule has 1 atom stereocenters. The first-order valence-electron chi connectivity index (χ1n) is 7.43. The van der Waals surface area contributed by atoms with Crippen LogP contribution in [0.3, 0.4) is 0 Å². The molecule has 0 bridgehead atoms. The molecule has 1 fully saturated rings. The second kappa shape index (κ2) is 6.85. The lowest BCUT2D eigenvalue weighted by Crippen LogP contribution is -2.43. The first-order chi connectivity index (χ1) is 10.1. The highest BCUT2D eigenvalue weighted by Gasteiger charge is 2.27. The largest absolute Gasteiger partial charge is 0.385 e. The van der Waals surface area contributed by atoms with E-state index in [2.05, 4.69) is 15.3 Å². The smallest absolute Gasteiger partial charge is 0.274 e. The Bertz CT molecular complexity index is 504. The van der Waals surface area contributed by atoms with E-state index in [0.29, 0.717) is 23.8 Å². The zero-order valence-electron chi connectivity index (χ0n) is 13.2. The lowest BCUT2D eigenvalue weighted by molar-refractivity contribution is 0.0266. The van der Waals surface area contributed by atoms with Gasteiger partial charge in [0, 0.05) is 33.2 Å². The summed E-state index contributed by atoms with van der Waals surface area (Å²) in [6.45, 7) is 5.41. The maximum Gasteiger partial charge on any atom is 0.274 e. The van der Waals surface area contributed by atoms with Crippen LogP contribution < -0.4 is 5.32 Å². The highest BCUT2D eigenvalue weighted by molar-refractivity contribution is 5.97. The van der Waals surface area contributed by atoms with Gasteiger partial charge in [-0.1, -0.05) is 13.8 Å². The minimum absolute atomic E-state index is 0.0506. The molecule has 6 heteroatoms. The summed E-state index contributed by atoms with van der Waals surface area (Å²) in [4.78, 5) is 23.3. The third-order valence-electron chi connectivity index (χ3n) is 3.79. The third-order valence-corrected chi connectivity index (χ3v) is 3.79. The maximum absolute atomic E-state index is 12.8. The summed E-state index contributed by atoms with van der Waals surface area (Å²) in [7, 11) is 3.47. The molecule has 1 N–H and O–H groups in total. The van der Waals surface area contributed by atoms with Crippen LogP contribution in [0.2, 0.25) is 0 Å². The highest BCUT2D eigenvalue weighted by Crippen LogP contribution is 2.20. The Morgan fingerprint density at radius 3 is 2.90 bits per heavy atom. The SMILES string of the molecule is CNc1cnc(C(C)C)nc1C(=O)N1CCCC(OC)C1. The number of nitrogens with one attached hydrogen (secondary N) is 1. The van der Waals surface area contributed by atoms with Crippen molar-refractivity contribution in [2.75, 3.05) is 32.6 Å². The van der Waals surface area contributed by atoms with Crippen LogP contribution in [0, 0.1) is 0 Å². The molecule has 0 aliphatic carbocycles. The summed E-state index contributed by atoms with van der Waals surface area (Å²) in [6, 6.07) is 0. The van der Waals surface area contributed by atoms with Crippen molar-refractivity contribution in [3.05, 3.63) is 17.7 Å². The molecule has 0 aromatic carbocycles. The van der Waals surface area contributed by atoms with Crippen LogP contribution in [0.25, 0.3) is 0 Å². The first-order valence-corrected chi connectivity index (χ1v) is 7.43. The molecule has 2 heterocycles. The molecule has 1 aromatic heterocycles. The monoisotopic (exact) mass is 292 g/mol. The number of likely N-dealkylation sites (tertiary alicyclic amines) is 1. The highest BCUT2D eigenvalue weighted by atomic mass is 16.5. The molecule has 1 aromatic rings. The first kappa shape index (κ1) is 15.7. The van der Waals surface area contributed by atoms with Crippen LogP contribution in [0.5, 0.6) is 0 Å². The van der Waals surface area contributed by atoms with Crippen molar-refractivity contribution >= 4 is 11.6 Å². The minimum atomic E-state index is -0.0506. The van der Waals surface area contributed by atoms with Gasteiger partial charge in [-0.05, 0) is 12.8 Å². The van der Waals surface area contributed by atoms with Gasteiger partial charge in [0.25, 0.3) is 5.91 Å². The molecular weight excluding hydrogens is 268 g/mol. The lowest BCUT2D eigenvalue weighted by atomic mass is 10.1. The average Bonchev–Trinajstić information content (AvgIpc) is 2.53. The number of amides is 1. The van der Waals surface area contributed by atoms with E-state index in [1.807, 2.05) is 18.7 Å². The number of hydrogen-bond donors (Lipinski definition) is 1. The quantitative estimate of drug-likeness (QED) is 0.918. The number of aromatic nitrogens is 2. The van der Waals surface area contributed by atoms with E-state index in [0.717, 1.165) is 19.4 Å². The molecule has 0 saturated carbocycles. The lowest BCUT2D eigenvalue weighted by Gasteiger charge is -2.32. The number of piperidine rings is 1. The van der Waals surface area contributed by atoms with Gasteiger partial charge in [-0.3, -0.25) is 4.79 Å². The molecule has 1 saturated heterocycles. The van der Waals surface area contributed by atoms with E-state index >= 15 is 0 Å². The zero-order valence-corrected chi connectivity index (χ0v) is 13.2. The Balaban J connectivity index is 2.26. The van der Waals surface area contributed by atoms with E-state index in [1.54, 1.807) is 20.4 Å². The molecule has 1 aliphatic rings. The molecule has 1 unspecified atom stereocenters. The number of nitrogens with zero attached hydrogens (tertiary/aromatic N) is 3. The van der Waals surface area contributed by atoms with Crippen LogP contribution in [0.15, 0.2) is 6.20 Å². The average molecular weight is 292 g/mol. The summed E-state index contributed by atoms with van der Waals surface area (Å²) in [5.74, 6) is 0.832. The van der Waals surface area contributed by atoms with Crippen LogP contribution in [-0.4, -0.2) is 54.1 Å². The fraction of sp³-hybridized carbons (Fsp3) is 0.667. The van der Waals surface area contributed by atoms with E-state index in [-0.39, 0.29) is 17.9 Å². The van der Waals surface area contributed by atoms with Gasteiger partial charge in [-0.25, -0.2) is 9.97 Å². The number of carbonyl (C=O) groups excluding carboxylic acids is 1. The summed E-state index contributed by atoms with van der Waals surface area (Å²) >= 11 is 0. The number of anilines is 1. The Morgan fingerprint density at radius 1 is 1.52 bits per heavy atom. The van der Waals surface area contributed by atoms with Crippen molar-refractivity contribution in [3.63, 3.8) is 0 Å². The van der Waals surface area contributed by atoms with Crippen molar-refractivity contribution in [2.45, 2.75) is 38.7 Å². The molecule has 1 amide bonds. The number of rotatable bonds is 4. The zero-order chi connectivity index (χ0) is 15.4. The summed E-state index contributed by atoms with van der Waals surface area (Å²) < 4.78 is 5.38. The predicted octanol–water partition coefficient (Wildman–Crippen LogP) is 1.89. The second-order valence-corrected chi connectivity index (χ2v) is 5.65. The van der Waals surface area contributed by atoms with Crippen molar-refractivity contribution < 1.29 is 9.53 Å².